The van der Waals surface area contributed by atoms with E-state index < -0.39 is 0 Å². The van der Waals surface area contributed by atoms with Crippen LogP contribution in [-0.4, -0.2) is 46.4 Å². The lowest BCUT2D eigenvalue weighted by Crippen LogP contribution is -2.33. The largest absolute Gasteiger partial charge is 0.360 e. The predicted octanol–water partition coefficient (Wildman–Crippen LogP) is 2.88. The summed E-state index contributed by atoms with van der Waals surface area (Å²) in [6, 6.07) is 0. The Bertz CT molecular complexity index is 447. The fourth-order valence-corrected chi connectivity index (χ4v) is 3.17. The lowest BCUT2D eigenvalue weighted by atomic mass is 10.3. The monoisotopic (exact) mass is 314 g/mol. The molecular formula is C13H22N4OS2. The topological polar surface area (TPSA) is 58.1 Å². The number of thioether (sulfide) groups is 1. The van der Waals surface area contributed by atoms with Crippen LogP contribution in [0.4, 0.5) is 5.13 Å². The average Bonchev–Trinajstić information content (AvgIpc) is 2.87. The van der Waals surface area contributed by atoms with E-state index in [1.807, 2.05) is 13.8 Å². The van der Waals surface area contributed by atoms with Gasteiger partial charge in [0, 0.05) is 19.6 Å². The molecule has 1 aromatic rings. The Kier molecular flexibility index (Phi) is 7.61. The first-order chi connectivity index (χ1) is 9.56. The predicted molar refractivity (Wildman–Crippen MR) is 86.5 cm³/mol. The van der Waals surface area contributed by atoms with Gasteiger partial charge in [-0.15, -0.1) is 10.2 Å². The molecule has 0 aliphatic carbocycles. The summed E-state index contributed by atoms with van der Waals surface area (Å²) < 4.78 is 0.823. The number of carbonyl (C=O) groups is 1. The van der Waals surface area contributed by atoms with E-state index in [-0.39, 0.29) is 5.91 Å². The van der Waals surface area contributed by atoms with Crippen LogP contribution >= 0.6 is 23.1 Å². The summed E-state index contributed by atoms with van der Waals surface area (Å²) in [4.78, 5) is 13.9. The smallest absolute Gasteiger partial charge is 0.233 e. The molecule has 0 saturated heterocycles. The van der Waals surface area contributed by atoms with Crippen molar-refractivity contribution in [1.82, 2.24) is 15.1 Å². The minimum Gasteiger partial charge on any atom is -0.360 e. The third-order valence-corrected chi connectivity index (χ3v) is 4.45. The van der Waals surface area contributed by atoms with E-state index in [1.54, 1.807) is 4.90 Å². The minimum atomic E-state index is 0.110. The van der Waals surface area contributed by atoms with Crippen molar-refractivity contribution in [3.05, 3.63) is 12.2 Å². The van der Waals surface area contributed by atoms with Crippen LogP contribution < -0.4 is 5.32 Å². The summed E-state index contributed by atoms with van der Waals surface area (Å²) in [5.74, 6) is 0.502. The zero-order chi connectivity index (χ0) is 15.0. The van der Waals surface area contributed by atoms with E-state index in [0.29, 0.717) is 18.8 Å². The molecule has 0 aliphatic heterocycles. The number of rotatable bonds is 9. The zero-order valence-corrected chi connectivity index (χ0v) is 13.9. The van der Waals surface area contributed by atoms with Gasteiger partial charge in [0.15, 0.2) is 4.34 Å². The first-order valence-corrected chi connectivity index (χ1v) is 8.49. The van der Waals surface area contributed by atoms with E-state index in [2.05, 4.69) is 29.0 Å². The van der Waals surface area contributed by atoms with Crippen molar-refractivity contribution < 1.29 is 4.79 Å². The Labute approximate surface area is 128 Å². The number of nitrogens with zero attached hydrogens (tertiary/aromatic N) is 3. The van der Waals surface area contributed by atoms with E-state index >= 15 is 0 Å². The second-order valence-electron chi connectivity index (χ2n) is 4.45. The van der Waals surface area contributed by atoms with Gasteiger partial charge in [-0.25, -0.2) is 0 Å². The highest BCUT2D eigenvalue weighted by Crippen LogP contribution is 2.25. The lowest BCUT2D eigenvalue weighted by molar-refractivity contribution is -0.127. The molecule has 7 heteroatoms. The molecule has 0 aromatic carbocycles. The summed E-state index contributed by atoms with van der Waals surface area (Å²) in [7, 11) is 0. The standard InChI is InChI=1S/C13H22N4OS2/c1-5-7-14-12-15-16-13(20-12)19-9-11(18)17(6-2)8-10(3)4/h3,5-9H2,1-2,4H3,(H,14,15). The molecule has 112 valence electrons. The highest BCUT2D eigenvalue weighted by Gasteiger charge is 2.13. The van der Waals surface area contributed by atoms with Crippen molar-refractivity contribution in [1.29, 1.82) is 0 Å². The number of nitrogens with one attached hydrogen (secondary N) is 1. The molecule has 1 rings (SSSR count). The van der Waals surface area contributed by atoms with Crippen LogP contribution in [0.2, 0.25) is 0 Å². The normalized spacial score (nSPS) is 10.3. The molecule has 1 amide bonds. The fourth-order valence-electron chi connectivity index (χ4n) is 1.49. The van der Waals surface area contributed by atoms with Gasteiger partial charge in [0.25, 0.3) is 0 Å². The molecule has 0 bridgehead atoms. The van der Waals surface area contributed by atoms with Crippen molar-refractivity contribution in [2.24, 2.45) is 0 Å². The summed E-state index contributed by atoms with van der Waals surface area (Å²) in [6.45, 7) is 12.1. The van der Waals surface area contributed by atoms with Crippen molar-refractivity contribution in [3.8, 4) is 0 Å². The zero-order valence-electron chi connectivity index (χ0n) is 12.3. The third kappa shape index (κ3) is 5.92. The van der Waals surface area contributed by atoms with Crippen molar-refractivity contribution >= 4 is 34.1 Å². The molecule has 1 N–H and O–H groups in total. The molecule has 0 radical (unpaired) electrons. The molecule has 5 nitrogen and oxygen atoms in total. The van der Waals surface area contributed by atoms with Crippen LogP contribution in [0.3, 0.4) is 0 Å². The summed E-state index contributed by atoms with van der Waals surface area (Å²) in [6.07, 6.45) is 1.05. The minimum absolute atomic E-state index is 0.110. The second-order valence-corrected chi connectivity index (χ2v) is 6.65. The van der Waals surface area contributed by atoms with Gasteiger partial charge in [-0.2, -0.15) is 0 Å². The maximum atomic E-state index is 12.1. The first-order valence-electron chi connectivity index (χ1n) is 6.69. The molecule has 0 saturated carbocycles. The van der Waals surface area contributed by atoms with Crippen molar-refractivity contribution in [3.63, 3.8) is 0 Å². The number of aromatic nitrogens is 2. The first kappa shape index (κ1) is 17.0. The van der Waals surface area contributed by atoms with Crippen LogP contribution in [0.5, 0.6) is 0 Å². The summed E-state index contributed by atoms with van der Waals surface area (Å²) >= 11 is 2.93. The average molecular weight is 314 g/mol. The van der Waals surface area contributed by atoms with Gasteiger partial charge in [0.1, 0.15) is 0 Å². The van der Waals surface area contributed by atoms with Crippen LogP contribution in [0, 0.1) is 0 Å². The summed E-state index contributed by atoms with van der Waals surface area (Å²) in [5, 5.41) is 12.1. The molecule has 1 heterocycles. The molecule has 0 fully saturated rings. The fraction of sp³-hybridized carbons (Fsp3) is 0.615. The van der Waals surface area contributed by atoms with Crippen LogP contribution in [0.1, 0.15) is 27.2 Å². The van der Waals surface area contributed by atoms with Crippen LogP contribution in [0.15, 0.2) is 16.5 Å². The maximum absolute atomic E-state index is 12.1. The molecule has 0 aliphatic rings. The number of likely N-dealkylation sites (N-methyl/N-ethyl adjacent to an activating group) is 1. The molecule has 0 unspecified atom stereocenters. The Morgan fingerprint density at radius 1 is 1.45 bits per heavy atom. The number of amides is 1. The highest BCUT2D eigenvalue weighted by molar-refractivity contribution is 8.01. The Morgan fingerprint density at radius 2 is 2.20 bits per heavy atom. The Balaban J connectivity index is 2.43. The van der Waals surface area contributed by atoms with Gasteiger partial charge in [-0.05, 0) is 20.3 Å². The Morgan fingerprint density at radius 3 is 2.80 bits per heavy atom. The SMILES string of the molecule is C=C(C)CN(CC)C(=O)CSc1nnc(NCCC)s1. The third-order valence-electron chi connectivity index (χ3n) is 2.45. The van der Waals surface area contributed by atoms with Crippen molar-refractivity contribution in [2.75, 3.05) is 30.7 Å². The van der Waals surface area contributed by atoms with Gasteiger partial charge in [0.05, 0.1) is 5.75 Å². The van der Waals surface area contributed by atoms with E-state index in [1.165, 1.54) is 23.1 Å². The number of anilines is 1. The number of hydrogen-bond donors (Lipinski definition) is 1. The highest BCUT2D eigenvalue weighted by atomic mass is 32.2. The molecule has 20 heavy (non-hydrogen) atoms. The molecule has 0 spiro atoms. The van der Waals surface area contributed by atoms with Crippen LogP contribution in [0.25, 0.3) is 0 Å². The van der Waals surface area contributed by atoms with Crippen LogP contribution in [-0.2, 0) is 4.79 Å². The second kappa shape index (κ2) is 8.97. The van der Waals surface area contributed by atoms with E-state index in [0.717, 1.165) is 28.0 Å². The van der Waals surface area contributed by atoms with Gasteiger partial charge in [-0.1, -0.05) is 42.2 Å². The molecule has 1 aromatic heterocycles. The van der Waals surface area contributed by atoms with Crippen molar-refractivity contribution in [2.45, 2.75) is 31.5 Å². The van der Waals surface area contributed by atoms with Gasteiger partial charge in [0.2, 0.25) is 11.0 Å². The number of hydrogen-bond acceptors (Lipinski definition) is 6. The Hall–Kier alpha value is -1.08. The molecular weight excluding hydrogens is 292 g/mol. The van der Waals surface area contributed by atoms with E-state index in [4.69, 9.17) is 0 Å². The quantitative estimate of drug-likeness (QED) is 0.561. The van der Waals surface area contributed by atoms with E-state index in [9.17, 15) is 4.79 Å². The maximum Gasteiger partial charge on any atom is 0.233 e. The number of carbonyl (C=O) groups excluding carboxylic acids is 1. The van der Waals surface area contributed by atoms with Gasteiger partial charge >= 0.3 is 0 Å². The lowest BCUT2D eigenvalue weighted by Gasteiger charge is -2.20. The summed E-state index contributed by atoms with van der Waals surface area (Å²) in [5.41, 5.74) is 0.993. The van der Waals surface area contributed by atoms with Gasteiger partial charge < -0.3 is 10.2 Å². The molecule has 0 atom stereocenters. The van der Waals surface area contributed by atoms with Gasteiger partial charge in [-0.3, -0.25) is 4.79 Å².